The molecule has 3 N–H and O–H groups in total. The Morgan fingerprint density at radius 3 is 2.76 bits per heavy atom. The fourth-order valence-corrected chi connectivity index (χ4v) is 2.02. The summed E-state index contributed by atoms with van der Waals surface area (Å²) in [5, 5.41) is 3.64. The molecule has 0 aliphatic rings. The largest absolute Gasteiger partial charge is 0.321 e. The lowest BCUT2D eigenvalue weighted by molar-refractivity contribution is 0.102. The van der Waals surface area contributed by atoms with E-state index in [4.69, 9.17) is 28.9 Å². The summed E-state index contributed by atoms with van der Waals surface area (Å²) in [5.41, 5.74) is 7.00. The van der Waals surface area contributed by atoms with E-state index >= 15 is 0 Å². The number of benzene rings is 2. The molecule has 2 rings (SSSR count). The Morgan fingerprint density at radius 1 is 1.19 bits per heavy atom. The maximum atomic E-state index is 12.2. The number of hydrogen-bond acceptors (Lipinski definition) is 2. The summed E-state index contributed by atoms with van der Waals surface area (Å²) in [6.07, 6.45) is 0. The van der Waals surface area contributed by atoms with Crippen molar-refractivity contribution in [2.75, 3.05) is 11.9 Å². The molecule has 0 heterocycles. The third-order valence-electron chi connectivity index (χ3n) is 2.64. The molecule has 0 saturated heterocycles. The van der Waals surface area contributed by atoms with Crippen LogP contribution in [0.1, 0.15) is 15.9 Å². The molecule has 0 atom stereocenters. The van der Waals surface area contributed by atoms with Crippen LogP contribution in [0.4, 0.5) is 5.69 Å². The fraction of sp³-hybridized carbons (Fsp3) is 0.0625. The zero-order chi connectivity index (χ0) is 15.2. The van der Waals surface area contributed by atoms with Crippen LogP contribution in [0.25, 0.3) is 0 Å². The van der Waals surface area contributed by atoms with Gasteiger partial charge in [0.25, 0.3) is 5.91 Å². The first-order valence-corrected chi connectivity index (χ1v) is 6.91. The molecule has 3 nitrogen and oxygen atoms in total. The van der Waals surface area contributed by atoms with E-state index in [-0.39, 0.29) is 12.5 Å². The van der Waals surface area contributed by atoms with E-state index in [2.05, 4.69) is 17.2 Å². The van der Waals surface area contributed by atoms with Crippen LogP contribution in [-0.2, 0) is 0 Å². The molecule has 1 amide bonds. The SMILES string of the molecule is NCC#Cc1cccc(C(=O)Nc2cc(Cl)ccc2Cl)c1. The van der Waals surface area contributed by atoms with E-state index in [0.717, 1.165) is 5.56 Å². The number of amides is 1. The van der Waals surface area contributed by atoms with Gasteiger partial charge in [0.15, 0.2) is 0 Å². The van der Waals surface area contributed by atoms with Gasteiger partial charge in [-0.3, -0.25) is 4.79 Å². The maximum absolute atomic E-state index is 12.2. The Labute approximate surface area is 133 Å². The zero-order valence-corrected chi connectivity index (χ0v) is 12.5. The van der Waals surface area contributed by atoms with E-state index < -0.39 is 0 Å². The van der Waals surface area contributed by atoms with E-state index in [0.29, 0.717) is 21.3 Å². The standard InChI is InChI=1S/C16H12Cl2N2O/c17-13-6-7-14(18)15(10-13)20-16(21)12-5-1-3-11(9-12)4-2-8-19/h1,3,5-7,9-10H,8,19H2,(H,20,21). The summed E-state index contributed by atoms with van der Waals surface area (Å²) in [6, 6.07) is 11.8. The maximum Gasteiger partial charge on any atom is 0.255 e. The number of nitrogens with two attached hydrogens (primary N) is 1. The first-order valence-electron chi connectivity index (χ1n) is 6.15. The third kappa shape index (κ3) is 4.24. The summed E-state index contributed by atoms with van der Waals surface area (Å²) >= 11 is 11.9. The second-order valence-corrected chi connectivity index (χ2v) is 5.01. The molecule has 0 unspecified atom stereocenters. The molecule has 0 aliphatic heterocycles. The molecular weight excluding hydrogens is 307 g/mol. The lowest BCUT2D eigenvalue weighted by Crippen LogP contribution is -2.12. The number of rotatable bonds is 2. The van der Waals surface area contributed by atoms with Crippen molar-refractivity contribution in [2.24, 2.45) is 5.73 Å². The predicted octanol–water partition coefficient (Wildman–Crippen LogP) is 3.56. The summed E-state index contributed by atoms with van der Waals surface area (Å²) < 4.78 is 0. The van der Waals surface area contributed by atoms with Crippen molar-refractivity contribution in [1.82, 2.24) is 0 Å². The van der Waals surface area contributed by atoms with Gasteiger partial charge in [-0.1, -0.05) is 41.1 Å². The van der Waals surface area contributed by atoms with Gasteiger partial charge in [-0.15, -0.1) is 0 Å². The molecule has 0 radical (unpaired) electrons. The molecule has 0 saturated carbocycles. The van der Waals surface area contributed by atoms with Gasteiger partial charge in [-0.25, -0.2) is 0 Å². The molecule has 0 aromatic heterocycles. The molecule has 0 bridgehead atoms. The number of halogens is 2. The van der Waals surface area contributed by atoms with Crippen LogP contribution in [0.3, 0.4) is 0 Å². The van der Waals surface area contributed by atoms with Crippen LogP contribution >= 0.6 is 23.2 Å². The van der Waals surface area contributed by atoms with E-state index in [1.54, 1.807) is 36.4 Å². The summed E-state index contributed by atoms with van der Waals surface area (Å²) in [7, 11) is 0. The number of hydrogen-bond donors (Lipinski definition) is 2. The van der Waals surface area contributed by atoms with Crippen molar-refractivity contribution in [3.8, 4) is 11.8 Å². The molecule has 5 heteroatoms. The van der Waals surface area contributed by atoms with Gasteiger partial charge in [0.05, 0.1) is 17.3 Å². The monoisotopic (exact) mass is 318 g/mol. The van der Waals surface area contributed by atoms with Crippen LogP contribution in [0.15, 0.2) is 42.5 Å². The third-order valence-corrected chi connectivity index (χ3v) is 3.20. The highest BCUT2D eigenvalue weighted by Crippen LogP contribution is 2.25. The Kier molecular flexibility index (Phi) is 5.24. The lowest BCUT2D eigenvalue weighted by Gasteiger charge is -2.08. The van der Waals surface area contributed by atoms with Crippen LogP contribution in [0.5, 0.6) is 0 Å². The van der Waals surface area contributed by atoms with Crippen molar-refractivity contribution >= 4 is 34.8 Å². The zero-order valence-electron chi connectivity index (χ0n) is 11.0. The van der Waals surface area contributed by atoms with Crippen molar-refractivity contribution in [3.05, 3.63) is 63.6 Å². The van der Waals surface area contributed by atoms with Gasteiger partial charge in [0, 0.05) is 16.1 Å². The van der Waals surface area contributed by atoms with Crippen LogP contribution in [0.2, 0.25) is 10.0 Å². The van der Waals surface area contributed by atoms with Gasteiger partial charge >= 0.3 is 0 Å². The minimum absolute atomic E-state index is 0.272. The van der Waals surface area contributed by atoms with Gasteiger partial charge in [-0.05, 0) is 36.4 Å². The minimum atomic E-state index is -0.282. The van der Waals surface area contributed by atoms with Gasteiger partial charge in [-0.2, -0.15) is 0 Å². The van der Waals surface area contributed by atoms with Crippen molar-refractivity contribution < 1.29 is 4.79 Å². The Hall–Kier alpha value is -1.99. The van der Waals surface area contributed by atoms with Gasteiger partial charge < -0.3 is 11.1 Å². The summed E-state index contributed by atoms with van der Waals surface area (Å²) in [5.74, 6) is 5.34. The number of carbonyl (C=O) groups is 1. The number of nitrogens with one attached hydrogen (secondary N) is 1. The van der Waals surface area contributed by atoms with Gasteiger partial charge in [0.1, 0.15) is 0 Å². The summed E-state index contributed by atoms with van der Waals surface area (Å²) in [4.78, 5) is 12.2. The normalized spacial score (nSPS) is 9.67. The molecule has 2 aromatic rings. The topological polar surface area (TPSA) is 55.1 Å². The second kappa shape index (κ2) is 7.14. The number of anilines is 1. The molecule has 0 aliphatic carbocycles. The first-order chi connectivity index (χ1) is 10.1. The van der Waals surface area contributed by atoms with Crippen molar-refractivity contribution in [3.63, 3.8) is 0 Å². The van der Waals surface area contributed by atoms with Crippen molar-refractivity contribution in [2.45, 2.75) is 0 Å². The fourth-order valence-electron chi connectivity index (χ4n) is 1.68. The minimum Gasteiger partial charge on any atom is -0.321 e. The molecular formula is C16H12Cl2N2O. The lowest BCUT2D eigenvalue weighted by atomic mass is 10.1. The van der Waals surface area contributed by atoms with E-state index in [1.165, 1.54) is 0 Å². The average Bonchev–Trinajstić information content (AvgIpc) is 2.49. The quantitative estimate of drug-likeness (QED) is 0.832. The number of carbonyl (C=O) groups excluding carboxylic acids is 1. The van der Waals surface area contributed by atoms with Crippen molar-refractivity contribution in [1.29, 1.82) is 0 Å². The van der Waals surface area contributed by atoms with Crippen LogP contribution < -0.4 is 11.1 Å². The molecule has 2 aromatic carbocycles. The molecule has 0 fully saturated rings. The first kappa shape index (κ1) is 15.4. The molecule has 0 spiro atoms. The molecule has 21 heavy (non-hydrogen) atoms. The Balaban J connectivity index is 2.22. The smallest absolute Gasteiger partial charge is 0.255 e. The highest BCUT2D eigenvalue weighted by molar-refractivity contribution is 6.35. The Bertz CT molecular complexity index is 733. The van der Waals surface area contributed by atoms with Crippen LogP contribution in [-0.4, -0.2) is 12.5 Å². The summed E-state index contributed by atoms with van der Waals surface area (Å²) in [6.45, 7) is 0.272. The Morgan fingerprint density at radius 2 is 2.00 bits per heavy atom. The van der Waals surface area contributed by atoms with Gasteiger partial charge in [0.2, 0.25) is 0 Å². The average molecular weight is 319 g/mol. The van der Waals surface area contributed by atoms with E-state index in [9.17, 15) is 4.79 Å². The van der Waals surface area contributed by atoms with Crippen LogP contribution in [0, 0.1) is 11.8 Å². The highest BCUT2D eigenvalue weighted by atomic mass is 35.5. The second-order valence-electron chi connectivity index (χ2n) is 4.16. The molecule has 106 valence electrons. The highest BCUT2D eigenvalue weighted by Gasteiger charge is 2.09. The predicted molar refractivity (Wildman–Crippen MR) is 86.8 cm³/mol. The van der Waals surface area contributed by atoms with E-state index in [1.807, 2.05) is 6.07 Å².